The predicted octanol–water partition coefficient (Wildman–Crippen LogP) is 1.99. The molecule has 21 heavy (non-hydrogen) atoms. The number of nitrogens with one attached hydrogen (secondary N) is 1. The van der Waals surface area contributed by atoms with Crippen LogP contribution >= 0.6 is 0 Å². The van der Waals surface area contributed by atoms with Crippen LogP contribution < -0.4 is 5.32 Å². The van der Waals surface area contributed by atoms with Gasteiger partial charge in [-0.1, -0.05) is 18.2 Å². The normalized spacial score (nSPS) is 34.7. The molecule has 0 unspecified atom stereocenters. The fraction of sp³-hybridized carbons (Fsp3) is 0.562. The number of carbonyl (C=O) groups is 1. The van der Waals surface area contributed by atoms with Crippen molar-refractivity contribution in [1.82, 2.24) is 0 Å². The van der Waals surface area contributed by atoms with Crippen LogP contribution in [0.3, 0.4) is 0 Å². The molecule has 1 aromatic carbocycles. The third kappa shape index (κ3) is 2.69. The van der Waals surface area contributed by atoms with Gasteiger partial charge >= 0.3 is 0 Å². The zero-order valence-electron chi connectivity index (χ0n) is 12.3. The number of piperidine rings is 3. The number of benzene rings is 1. The lowest BCUT2D eigenvalue weighted by molar-refractivity contribution is -0.917. The Labute approximate surface area is 125 Å². The van der Waals surface area contributed by atoms with Crippen molar-refractivity contribution in [3.8, 4) is 0 Å². The second-order valence-electron chi connectivity index (χ2n) is 6.16. The monoisotopic (exact) mass is 290 g/mol. The summed E-state index contributed by atoms with van der Waals surface area (Å²) in [5.41, 5.74) is 0.743. The molecule has 3 aliphatic heterocycles. The van der Waals surface area contributed by atoms with Gasteiger partial charge in [0.05, 0.1) is 19.7 Å². The number of hydrogen-bond donors (Lipinski definition) is 1. The number of amides is 1. The fourth-order valence-electron chi connectivity index (χ4n) is 3.90. The molecule has 3 saturated heterocycles. The van der Waals surface area contributed by atoms with Crippen molar-refractivity contribution < 1.29 is 14.2 Å². The molecule has 0 spiro atoms. The molecule has 0 saturated carbocycles. The molecule has 1 N–H and O–H groups in total. The molecule has 5 heteroatoms. The summed E-state index contributed by atoms with van der Waals surface area (Å²) in [6.45, 7) is 1.59. The van der Waals surface area contributed by atoms with Gasteiger partial charge in [-0.25, -0.2) is 0 Å². The Kier molecular flexibility index (Phi) is 3.97. The lowest BCUT2D eigenvalue weighted by Gasteiger charge is -2.59. The first-order valence-corrected chi connectivity index (χ1v) is 7.57. The van der Waals surface area contributed by atoms with Crippen LogP contribution in [0.4, 0.5) is 5.69 Å². The number of methoxy groups -OCH3 is 1. The summed E-state index contributed by atoms with van der Waals surface area (Å²) in [5.74, 6) is 0.298. The third-order valence-electron chi connectivity index (χ3n) is 4.94. The Morgan fingerprint density at radius 1 is 1.33 bits per heavy atom. The Hall–Kier alpha value is -1.43. The molecule has 2 atom stereocenters. The highest BCUT2D eigenvalue weighted by Gasteiger charge is 2.52. The van der Waals surface area contributed by atoms with Gasteiger partial charge < -0.3 is 19.9 Å². The summed E-state index contributed by atoms with van der Waals surface area (Å²) >= 11 is 0. The summed E-state index contributed by atoms with van der Waals surface area (Å²) in [7, 11) is 1.64. The van der Waals surface area contributed by atoms with Gasteiger partial charge in [-0.05, 0) is 18.1 Å². The highest BCUT2D eigenvalue weighted by Crippen LogP contribution is 2.42. The molecule has 3 aliphatic rings. The number of anilines is 1. The number of hydroxylamine groups is 3. The molecule has 0 aliphatic carbocycles. The first kappa shape index (κ1) is 14.5. The second-order valence-corrected chi connectivity index (χ2v) is 6.16. The van der Waals surface area contributed by atoms with E-state index in [4.69, 9.17) is 4.74 Å². The van der Waals surface area contributed by atoms with E-state index in [1.54, 1.807) is 7.11 Å². The molecular weight excluding hydrogens is 268 g/mol. The molecule has 1 aromatic rings. The Morgan fingerprint density at radius 3 is 2.62 bits per heavy atom. The summed E-state index contributed by atoms with van der Waals surface area (Å²) in [6.07, 6.45) is 1.82. The van der Waals surface area contributed by atoms with Gasteiger partial charge in [0.25, 0.3) is 5.91 Å². The topological polar surface area (TPSA) is 61.4 Å². The van der Waals surface area contributed by atoms with Crippen molar-refractivity contribution in [1.29, 1.82) is 0 Å². The lowest BCUT2D eigenvalue weighted by atomic mass is 9.73. The molecule has 5 nitrogen and oxygen atoms in total. The minimum Gasteiger partial charge on any atom is -0.632 e. The molecule has 3 heterocycles. The smallest absolute Gasteiger partial charge is 0.283 e. The minimum absolute atomic E-state index is 0.0266. The van der Waals surface area contributed by atoms with E-state index in [2.05, 4.69) is 5.32 Å². The van der Waals surface area contributed by atoms with Crippen LogP contribution in [0.25, 0.3) is 0 Å². The number of nitrogens with zero attached hydrogens (tertiary/aromatic N) is 1. The number of carbonyl (C=O) groups excluding carboxylic acids is 1. The van der Waals surface area contributed by atoms with Crippen LogP contribution in [-0.4, -0.2) is 43.4 Å². The van der Waals surface area contributed by atoms with Crippen molar-refractivity contribution in [2.24, 2.45) is 11.8 Å². The largest absolute Gasteiger partial charge is 0.632 e. The van der Waals surface area contributed by atoms with E-state index in [0.29, 0.717) is 25.6 Å². The Morgan fingerprint density at radius 2 is 2.00 bits per heavy atom. The minimum atomic E-state index is -0.544. The predicted molar refractivity (Wildman–Crippen MR) is 80.3 cm³/mol. The van der Waals surface area contributed by atoms with E-state index < -0.39 is 6.04 Å². The van der Waals surface area contributed by atoms with E-state index in [-0.39, 0.29) is 16.5 Å². The van der Waals surface area contributed by atoms with E-state index in [1.165, 1.54) is 0 Å². The van der Waals surface area contributed by atoms with E-state index in [9.17, 15) is 10.0 Å². The maximum atomic E-state index is 13.0. The number of fused-ring (bicyclic) bond motifs is 3. The molecule has 2 bridgehead atoms. The Balaban J connectivity index is 1.81. The number of ether oxygens (including phenoxy) is 1. The van der Waals surface area contributed by atoms with Crippen molar-refractivity contribution in [2.45, 2.75) is 18.9 Å². The van der Waals surface area contributed by atoms with Gasteiger partial charge in [0.2, 0.25) is 0 Å². The average molecular weight is 290 g/mol. The van der Waals surface area contributed by atoms with Gasteiger partial charge in [-0.3, -0.25) is 4.79 Å². The van der Waals surface area contributed by atoms with Crippen LogP contribution in [0, 0.1) is 17.0 Å². The molecule has 0 aromatic heterocycles. The van der Waals surface area contributed by atoms with Crippen molar-refractivity contribution in [3.05, 3.63) is 35.5 Å². The standard InChI is InChI=1S/C16H22N2O3/c1-21-11-14-12-7-9-18(20,10-8-12)15(14)16(19)17-13-5-3-2-4-6-13/h2-6,12,14-15H,7-11H2,1H3,(H,17,19)/t12?,14-,15-,18?/m1/s1. The van der Waals surface area contributed by atoms with Crippen LogP contribution in [0.5, 0.6) is 0 Å². The van der Waals surface area contributed by atoms with E-state index in [0.717, 1.165) is 18.5 Å². The quantitative estimate of drug-likeness (QED) is 0.681. The maximum absolute atomic E-state index is 13.0. The summed E-state index contributed by atoms with van der Waals surface area (Å²) < 4.78 is 4.89. The van der Waals surface area contributed by atoms with Crippen LogP contribution in [0.15, 0.2) is 30.3 Å². The molecule has 1 amide bonds. The summed E-state index contributed by atoms with van der Waals surface area (Å²) in [4.78, 5) is 12.7. The molecule has 114 valence electrons. The molecule has 3 fully saturated rings. The van der Waals surface area contributed by atoms with Gasteiger partial charge in [-0.2, -0.15) is 0 Å². The second kappa shape index (κ2) is 5.75. The first-order chi connectivity index (χ1) is 10.1. The van der Waals surface area contributed by atoms with E-state index in [1.807, 2.05) is 30.3 Å². The SMILES string of the molecule is COC[C@@H]1C2CC[N+]([O-])(CC2)[C@H]1C(=O)Nc1ccccc1. The number of hydrogen-bond acceptors (Lipinski definition) is 3. The number of rotatable bonds is 4. The van der Waals surface area contributed by atoms with Gasteiger partial charge in [0.1, 0.15) is 0 Å². The van der Waals surface area contributed by atoms with Gasteiger partial charge in [-0.15, -0.1) is 0 Å². The average Bonchev–Trinajstić information content (AvgIpc) is 2.48. The maximum Gasteiger partial charge on any atom is 0.283 e. The van der Waals surface area contributed by atoms with Crippen molar-refractivity contribution in [3.63, 3.8) is 0 Å². The number of quaternary nitrogens is 1. The van der Waals surface area contributed by atoms with Crippen LogP contribution in [0.2, 0.25) is 0 Å². The molecular formula is C16H22N2O3. The van der Waals surface area contributed by atoms with Crippen molar-refractivity contribution >= 4 is 11.6 Å². The lowest BCUT2D eigenvalue weighted by Crippen LogP contribution is -2.69. The third-order valence-corrected chi connectivity index (χ3v) is 4.94. The molecule has 4 rings (SSSR count). The number of para-hydroxylation sites is 1. The van der Waals surface area contributed by atoms with Crippen LogP contribution in [-0.2, 0) is 9.53 Å². The van der Waals surface area contributed by atoms with E-state index >= 15 is 0 Å². The van der Waals surface area contributed by atoms with Gasteiger partial charge in [0.15, 0.2) is 6.04 Å². The van der Waals surface area contributed by atoms with Crippen LogP contribution in [0.1, 0.15) is 12.8 Å². The summed E-state index contributed by atoms with van der Waals surface area (Å²) in [5, 5.41) is 15.9. The van der Waals surface area contributed by atoms with Crippen molar-refractivity contribution in [2.75, 3.05) is 32.1 Å². The molecule has 0 radical (unpaired) electrons. The zero-order chi connectivity index (χ0) is 14.9. The fourth-order valence-corrected chi connectivity index (χ4v) is 3.90. The first-order valence-electron chi connectivity index (χ1n) is 7.57. The highest BCUT2D eigenvalue weighted by atomic mass is 16.6. The van der Waals surface area contributed by atoms with Gasteiger partial charge in [0, 0.05) is 31.6 Å². The highest BCUT2D eigenvalue weighted by molar-refractivity contribution is 5.94. The zero-order valence-corrected chi connectivity index (χ0v) is 12.3. The Bertz CT molecular complexity index is 498. The summed E-state index contributed by atoms with van der Waals surface area (Å²) in [6, 6.07) is 8.78.